The summed E-state index contributed by atoms with van der Waals surface area (Å²) < 4.78 is 0. The van der Waals surface area contributed by atoms with Gasteiger partial charge in [-0.25, -0.2) is 0 Å². The van der Waals surface area contributed by atoms with Crippen LogP contribution in [0.1, 0.15) is 39.5 Å². The molecule has 0 aliphatic rings. The van der Waals surface area contributed by atoms with Crippen LogP contribution in [0, 0.1) is 0 Å². The van der Waals surface area contributed by atoms with Gasteiger partial charge in [-0.1, -0.05) is 26.7 Å². The highest BCUT2D eigenvalue weighted by atomic mass is 32.1. The molecule has 0 aliphatic heterocycles. The highest BCUT2D eigenvalue weighted by Crippen LogP contribution is 2.00. The Bertz CT molecular complexity index is 260. The van der Waals surface area contributed by atoms with Gasteiger partial charge in [-0.2, -0.15) is 25.3 Å². The summed E-state index contributed by atoms with van der Waals surface area (Å²) in [6, 6.07) is 0. The van der Waals surface area contributed by atoms with Gasteiger partial charge in [0.25, 0.3) is 0 Å². The SMILES string of the molecule is CCCCN(CCCC)CCN(CCS)CC(=O)NCCS. The minimum atomic E-state index is 0.0875. The second-order valence-electron chi connectivity index (χ2n) is 5.62. The van der Waals surface area contributed by atoms with Crippen molar-refractivity contribution in [2.24, 2.45) is 0 Å². The summed E-state index contributed by atoms with van der Waals surface area (Å²) in [7, 11) is 0. The molecule has 0 aromatic heterocycles. The Morgan fingerprint density at radius 2 is 1.45 bits per heavy atom. The molecule has 0 aliphatic carbocycles. The van der Waals surface area contributed by atoms with Crippen LogP contribution in [-0.4, -0.2) is 73.0 Å². The molecule has 1 N–H and O–H groups in total. The Labute approximate surface area is 148 Å². The fraction of sp³-hybridized carbons (Fsp3) is 0.938. The monoisotopic (exact) mass is 349 g/mol. The highest BCUT2D eigenvalue weighted by molar-refractivity contribution is 7.80. The molecule has 0 aromatic carbocycles. The third kappa shape index (κ3) is 12.6. The molecule has 0 atom stereocenters. The molecule has 22 heavy (non-hydrogen) atoms. The number of carbonyl (C=O) groups is 1. The molecular formula is C16H35N3OS2. The van der Waals surface area contributed by atoms with Crippen LogP contribution in [0.5, 0.6) is 0 Å². The number of nitrogens with zero attached hydrogens (tertiary/aromatic N) is 2. The Hall–Kier alpha value is 0.0900. The number of hydrogen-bond acceptors (Lipinski definition) is 5. The van der Waals surface area contributed by atoms with Gasteiger partial charge in [0, 0.05) is 37.7 Å². The third-order valence-electron chi connectivity index (χ3n) is 3.61. The summed E-state index contributed by atoms with van der Waals surface area (Å²) in [5.41, 5.74) is 0. The minimum absolute atomic E-state index is 0.0875. The molecule has 1 amide bonds. The molecule has 0 rings (SSSR count). The van der Waals surface area contributed by atoms with E-state index in [0.717, 1.165) is 38.5 Å². The van der Waals surface area contributed by atoms with Crippen molar-refractivity contribution in [2.45, 2.75) is 39.5 Å². The van der Waals surface area contributed by atoms with Gasteiger partial charge >= 0.3 is 0 Å². The van der Waals surface area contributed by atoms with E-state index in [-0.39, 0.29) is 5.91 Å². The lowest BCUT2D eigenvalue weighted by atomic mass is 10.2. The zero-order chi connectivity index (χ0) is 16.6. The number of amides is 1. The van der Waals surface area contributed by atoms with E-state index in [4.69, 9.17) is 0 Å². The molecule has 0 saturated carbocycles. The van der Waals surface area contributed by atoms with E-state index in [1.54, 1.807) is 0 Å². The lowest BCUT2D eigenvalue weighted by Crippen LogP contribution is -2.42. The highest BCUT2D eigenvalue weighted by Gasteiger charge is 2.12. The summed E-state index contributed by atoms with van der Waals surface area (Å²) >= 11 is 8.42. The van der Waals surface area contributed by atoms with Gasteiger partial charge in [-0.3, -0.25) is 9.69 Å². The number of hydrogen-bond donors (Lipinski definition) is 3. The average Bonchev–Trinajstić information content (AvgIpc) is 2.52. The van der Waals surface area contributed by atoms with Gasteiger partial charge in [-0.05, 0) is 25.9 Å². The first-order valence-electron chi connectivity index (χ1n) is 8.61. The zero-order valence-corrected chi connectivity index (χ0v) is 16.2. The van der Waals surface area contributed by atoms with Gasteiger partial charge < -0.3 is 10.2 Å². The smallest absolute Gasteiger partial charge is 0.234 e. The molecule has 0 unspecified atom stereocenters. The first kappa shape index (κ1) is 22.1. The molecule has 0 spiro atoms. The van der Waals surface area contributed by atoms with Crippen molar-refractivity contribution in [3.8, 4) is 0 Å². The van der Waals surface area contributed by atoms with Crippen molar-refractivity contribution in [1.29, 1.82) is 0 Å². The van der Waals surface area contributed by atoms with Crippen molar-refractivity contribution in [2.75, 3.05) is 57.3 Å². The predicted molar refractivity (Wildman–Crippen MR) is 103 cm³/mol. The first-order valence-corrected chi connectivity index (χ1v) is 9.87. The predicted octanol–water partition coefficient (Wildman–Crippen LogP) is 2.17. The molecule has 0 bridgehead atoms. The van der Waals surface area contributed by atoms with E-state index in [1.807, 2.05) is 0 Å². The Kier molecular flexibility index (Phi) is 16.0. The maximum atomic E-state index is 11.9. The average molecular weight is 350 g/mol. The second kappa shape index (κ2) is 16.0. The van der Waals surface area contributed by atoms with Crippen LogP contribution >= 0.6 is 25.3 Å². The molecule has 132 valence electrons. The van der Waals surface area contributed by atoms with Crippen molar-refractivity contribution < 1.29 is 4.79 Å². The standard InChI is InChI=1S/C16H35N3OS2/c1-3-5-8-18(9-6-4-2)10-11-19(12-14-22)15-16(20)17-7-13-21/h21-22H,3-15H2,1-2H3,(H,17,20). The number of carbonyl (C=O) groups excluding carboxylic acids is 1. The first-order chi connectivity index (χ1) is 10.7. The summed E-state index contributed by atoms with van der Waals surface area (Å²) in [4.78, 5) is 16.6. The molecule has 0 saturated heterocycles. The minimum Gasteiger partial charge on any atom is -0.354 e. The third-order valence-corrected chi connectivity index (χ3v) is 4.03. The maximum Gasteiger partial charge on any atom is 0.234 e. The van der Waals surface area contributed by atoms with Crippen molar-refractivity contribution in [3.63, 3.8) is 0 Å². The fourth-order valence-corrected chi connectivity index (χ4v) is 2.64. The van der Waals surface area contributed by atoms with Crippen LogP contribution in [0.2, 0.25) is 0 Å². The number of rotatable bonds is 15. The Morgan fingerprint density at radius 3 is 1.95 bits per heavy atom. The van der Waals surface area contributed by atoms with E-state index in [9.17, 15) is 4.79 Å². The van der Waals surface area contributed by atoms with Crippen molar-refractivity contribution in [1.82, 2.24) is 15.1 Å². The molecule has 0 aromatic rings. The van der Waals surface area contributed by atoms with E-state index < -0.39 is 0 Å². The molecule has 0 fully saturated rings. The van der Waals surface area contributed by atoms with Gasteiger partial charge in [0.05, 0.1) is 6.54 Å². The van der Waals surface area contributed by atoms with Gasteiger partial charge in [0.15, 0.2) is 0 Å². The topological polar surface area (TPSA) is 35.6 Å². The van der Waals surface area contributed by atoms with Crippen molar-refractivity contribution in [3.05, 3.63) is 0 Å². The Morgan fingerprint density at radius 1 is 0.864 bits per heavy atom. The second-order valence-corrected chi connectivity index (χ2v) is 6.52. The van der Waals surface area contributed by atoms with Gasteiger partial charge in [0.2, 0.25) is 5.91 Å². The lowest BCUT2D eigenvalue weighted by Gasteiger charge is -2.27. The molecular weight excluding hydrogens is 314 g/mol. The molecule has 6 heteroatoms. The van der Waals surface area contributed by atoms with Gasteiger partial charge in [-0.15, -0.1) is 0 Å². The largest absolute Gasteiger partial charge is 0.354 e. The molecule has 0 heterocycles. The molecule has 0 radical (unpaired) electrons. The Balaban J connectivity index is 4.22. The van der Waals surface area contributed by atoms with E-state index >= 15 is 0 Å². The van der Waals surface area contributed by atoms with Crippen LogP contribution in [0.15, 0.2) is 0 Å². The number of nitrogens with one attached hydrogen (secondary N) is 1. The number of unbranched alkanes of at least 4 members (excludes halogenated alkanes) is 2. The van der Waals surface area contributed by atoms with Crippen LogP contribution in [0.4, 0.5) is 0 Å². The fourth-order valence-electron chi connectivity index (χ4n) is 2.25. The zero-order valence-electron chi connectivity index (χ0n) is 14.4. The summed E-state index contributed by atoms with van der Waals surface area (Å²) in [6.45, 7) is 10.7. The normalized spacial score (nSPS) is 11.4. The lowest BCUT2D eigenvalue weighted by molar-refractivity contribution is -0.122. The van der Waals surface area contributed by atoms with Crippen LogP contribution in [-0.2, 0) is 4.79 Å². The van der Waals surface area contributed by atoms with Crippen LogP contribution in [0.25, 0.3) is 0 Å². The number of thiol groups is 2. The quantitative estimate of drug-likeness (QED) is 0.397. The van der Waals surface area contributed by atoms with E-state index in [1.165, 1.54) is 25.7 Å². The summed E-state index contributed by atoms with van der Waals surface area (Å²) in [5, 5.41) is 2.88. The molecule has 4 nitrogen and oxygen atoms in total. The van der Waals surface area contributed by atoms with Gasteiger partial charge in [0.1, 0.15) is 0 Å². The van der Waals surface area contributed by atoms with E-state index in [0.29, 0.717) is 18.8 Å². The van der Waals surface area contributed by atoms with Crippen LogP contribution < -0.4 is 5.32 Å². The van der Waals surface area contributed by atoms with Crippen molar-refractivity contribution >= 4 is 31.2 Å². The summed E-state index contributed by atoms with van der Waals surface area (Å²) in [6.07, 6.45) is 4.96. The van der Waals surface area contributed by atoms with E-state index in [2.05, 4.69) is 54.2 Å². The summed E-state index contributed by atoms with van der Waals surface area (Å²) in [5.74, 6) is 1.55. The van der Waals surface area contributed by atoms with Crippen LogP contribution in [0.3, 0.4) is 0 Å². The maximum absolute atomic E-state index is 11.9.